The van der Waals surface area contributed by atoms with Crippen LogP contribution < -0.4 is 5.32 Å². The molecule has 0 amide bonds. The summed E-state index contributed by atoms with van der Waals surface area (Å²) in [5, 5.41) is 3.41. The highest BCUT2D eigenvalue weighted by atomic mass is 19.1. The Hall–Kier alpha value is -0.960. The second-order valence-corrected chi connectivity index (χ2v) is 4.78. The van der Waals surface area contributed by atoms with Gasteiger partial charge in [-0.15, -0.1) is 0 Å². The van der Waals surface area contributed by atoms with Gasteiger partial charge >= 0.3 is 0 Å². The predicted molar refractivity (Wildman–Crippen MR) is 65.3 cm³/mol. The van der Waals surface area contributed by atoms with Crippen LogP contribution >= 0.6 is 0 Å². The average molecular weight is 239 g/mol. The first kappa shape index (κ1) is 12.5. The van der Waals surface area contributed by atoms with Crippen molar-refractivity contribution in [2.45, 2.75) is 44.8 Å². The van der Waals surface area contributed by atoms with Gasteiger partial charge in [-0.05, 0) is 44.4 Å². The highest BCUT2D eigenvalue weighted by Crippen LogP contribution is 2.26. The smallest absolute Gasteiger partial charge is 0.129 e. The van der Waals surface area contributed by atoms with Gasteiger partial charge in [0.25, 0.3) is 0 Å². The van der Waals surface area contributed by atoms with Crippen LogP contribution in [0.15, 0.2) is 18.2 Å². The Morgan fingerprint density at radius 1 is 1.41 bits per heavy atom. The van der Waals surface area contributed by atoms with Gasteiger partial charge in [0.1, 0.15) is 12.0 Å². The zero-order chi connectivity index (χ0) is 12.3. The Labute approximate surface area is 101 Å². The number of hydrogen-bond donors (Lipinski definition) is 1. The quantitative estimate of drug-likeness (QED) is 0.850. The van der Waals surface area contributed by atoms with Gasteiger partial charge in [-0.3, -0.25) is 0 Å². The van der Waals surface area contributed by atoms with E-state index in [0.29, 0.717) is 6.04 Å². The minimum absolute atomic E-state index is 0.236. The fourth-order valence-corrected chi connectivity index (χ4v) is 2.57. The van der Waals surface area contributed by atoms with Gasteiger partial charge in [0, 0.05) is 11.6 Å². The molecule has 0 radical (unpaired) electrons. The monoisotopic (exact) mass is 239 g/mol. The first-order valence-electron chi connectivity index (χ1n) is 6.33. The fraction of sp³-hybridized carbons (Fsp3) is 0.571. The summed E-state index contributed by atoms with van der Waals surface area (Å²) in [5.41, 5.74) is 1.04. The molecule has 0 spiro atoms. The average Bonchev–Trinajstić information content (AvgIpc) is 2.30. The molecule has 0 aromatic heterocycles. The third-order valence-corrected chi connectivity index (χ3v) is 3.42. The minimum atomic E-state index is -1.24. The Balaban J connectivity index is 2.16. The summed E-state index contributed by atoms with van der Waals surface area (Å²) in [4.78, 5) is 0. The standard InChI is InChI=1S/C14H19F2N/c1-10(15)14-11(5-4-7-13(14)16)9-12-6-2-3-8-17-12/h4-5,7,10,12,17H,2-3,6,8-9H2,1H3. The molecule has 17 heavy (non-hydrogen) atoms. The first-order chi connectivity index (χ1) is 8.18. The summed E-state index contributed by atoms with van der Waals surface area (Å²) >= 11 is 0. The molecule has 94 valence electrons. The molecule has 3 heteroatoms. The number of alkyl halides is 1. The van der Waals surface area contributed by atoms with Crippen LogP contribution in [0, 0.1) is 5.82 Å². The van der Waals surface area contributed by atoms with Crippen molar-refractivity contribution >= 4 is 0 Å². The highest BCUT2D eigenvalue weighted by Gasteiger charge is 2.19. The number of rotatable bonds is 3. The van der Waals surface area contributed by atoms with E-state index in [1.165, 1.54) is 25.8 Å². The molecule has 1 aromatic rings. The molecule has 1 nitrogen and oxygen atoms in total. The molecule has 1 heterocycles. The molecule has 0 bridgehead atoms. The molecule has 1 aliphatic heterocycles. The van der Waals surface area contributed by atoms with E-state index in [4.69, 9.17) is 0 Å². The maximum Gasteiger partial charge on any atom is 0.129 e. The van der Waals surface area contributed by atoms with E-state index in [-0.39, 0.29) is 5.56 Å². The molecule has 2 rings (SSSR count). The van der Waals surface area contributed by atoms with Crippen LogP contribution in [0.5, 0.6) is 0 Å². The summed E-state index contributed by atoms with van der Waals surface area (Å²) in [5.74, 6) is -0.423. The summed E-state index contributed by atoms with van der Waals surface area (Å²) in [6, 6.07) is 5.20. The predicted octanol–water partition coefficient (Wildman–Crippen LogP) is 3.54. The van der Waals surface area contributed by atoms with Gasteiger partial charge in [-0.1, -0.05) is 18.6 Å². The molecule has 1 N–H and O–H groups in total. The van der Waals surface area contributed by atoms with Crippen molar-refractivity contribution in [2.75, 3.05) is 6.54 Å². The number of nitrogens with one attached hydrogen (secondary N) is 1. The van der Waals surface area contributed by atoms with E-state index in [1.54, 1.807) is 6.07 Å². The lowest BCUT2D eigenvalue weighted by Crippen LogP contribution is -2.35. The van der Waals surface area contributed by atoms with Gasteiger partial charge in [0.15, 0.2) is 0 Å². The Kier molecular flexibility index (Phi) is 4.11. The fourth-order valence-electron chi connectivity index (χ4n) is 2.57. The molecule has 2 unspecified atom stereocenters. The molecule has 0 saturated carbocycles. The third-order valence-electron chi connectivity index (χ3n) is 3.42. The van der Waals surface area contributed by atoms with Crippen molar-refractivity contribution in [3.05, 3.63) is 35.1 Å². The maximum absolute atomic E-state index is 13.6. The number of benzene rings is 1. The zero-order valence-electron chi connectivity index (χ0n) is 10.2. The van der Waals surface area contributed by atoms with Crippen molar-refractivity contribution in [1.82, 2.24) is 5.32 Å². The summed E-state index contributed by atoms with van der Waals surface area (Å²) in [7, 11) is 0. The molecule has 2 atom stereocenters. The first-order valence-corrected chi connectivity index (χ1v) is 6.33. The summed E-state index contributed by atoms with van der Waals surface area (Å²) in [6.07, 6.45) is 2.98. The van der Waals surface area contributed by atoms with Crippen LogP contribution in [0.3, 0.4) is 0 Å². The van der Waals surface area contributed by atoms with Gasteiger partial charge < -0.3 is 5.32 Å². The van der Waals surface area contributed by atoms with Crippen LogP contribution in [0.25, 0.3) is 0 Å². The third kappa shape index (κ3) is 3.03. The van der Waals surface area contributed by atoms with Crippen LogP contribution in [-0.2, 0) is 6.42 Å². The lowest BCUT2D eigenvalue weighted by atomic mass is 9.93. The summed E-state index contributed by atoms with van der Waals surface area (Å²) < 4.78 is 27.0. The Morgan fingerprint density at radius 2 is 2.24 bits per heavy atom. The Bertz CT molecular complexity index is 370. The van der Waals surface area contributed by atoms with Crippen LogP contribution in [0.4, 0.5) is 8.78 Å². The second kappa shape index (κ2) is 5.58. The Morgan fingerprint density at radius 3 is 2.88 bits per heavy atom. The molecule has 1 saturated heterocycles. The van der Waals surface area contributed by atoms with E-state index < -0.39 is 12.0 Å². The van der Waals surface area contributed by atoms with Crippen molar-refractivity contribution in [3.8, 4) is 0 Å². The summed E-state index contributed by atoms with van der Waals surface area (Å²) in [6.45, 7) is 2.41. The van der Waals surface area contributed by atoms with Crippen LogP contribution in [-0.4, -0.2) is 12.6 Å². The van der Waals surface area contributed by atoms with Crippen molar-refractivity contribution < 1.29 is 8.78 Å². The number of halogens is 2. The molecule has 1 aromatic carbocycles. The van der Waals surface area contributed by atoms with E-state index in [9.17, 15) is 8.78 Å². The lowest BCUT2D eigenvalue weighted by Gasteiger charge is -2.24. The van der Waals surface area contributed by atoms with Gasteiger partial charge in [-0.25, -0.2) is 8.78 Å². The second-order valence-electron chi connectivity index (χ2n) is 4.78. The van der Waals surface area contributed by atoms with Crippen molar-refractivity contribution in [3.63, 3.8) is 0 Å². The minimum Gasteiger partial charge on any atom is -0.314 e. The van der Waals surface area contributed by atoms with E-state index >= 15 is 0 Å². The van der Waals surface area contributed by atoms with Gasteiger partial charge in [-0.2, -0.15) is 0 Å². The van der Waals surface area contributed by atoms with Gasteiger partial charge in [0.2, 0.25) is 0 Å². The SMILES string of the molecule is CC(F)c1c(F)cccc1CC1CCCCN1. The van der Waals surface area contributed by atoms with Crippen LogP contribution in [0.2, 0.25) is 0 Å². The normalized spacial score (nSPS) is 22.4. The maximum atomic E-state index is 13.6. The van der Waals surface area contributed by atoms with E-state index in [0.717, 1.165) is 24.9 Å². The molecule has 1 aliphatic rings. The van der Waals surface area contributed by atoms with E-state index in [2.05, 4.69) is 5.32 Å². The number of hydrogen-bond acceptors (Lipinski definition) is 1. The highest BCUT2D eigenvalue weighted by molar-refractivity contribution is 5.31. The van der Waals surface area contributed by atoms with E-state index in [1.807, 2.05) is 6.07 Å². The largest absolute Gasteiger partial charge is 0.314 e. The lowest BCUT2D eigenvalue weighted by molar-refractivity contribution is 0.353. The molecule has 1 fully saturated rings. The van der Waals surface area contributed by atoms with Crippen molar-refractivity contribution in [2.24, 2.45) is 0 Å². The van der Waals surface area contributed by atoms with Crippen LogP contribution in [0.1, 0.15) is 43.5 Å². The molecular weight excluding hydrogens is 220 g/mol. The zero-order valence-corrected chi connectivity index (χ0v) is 10.2. The van der Waals surface area contributed by atoms with Crippen molar-refractivity contribution in [1.29, 1.82) is 0 Å². The molecule has 0 aliphatic carbocycles. The number of piperidine rings is 1. The van der Waals surface area contributed by atoms with Gasteiger partial charge in [0.05, 0.1) is 0 Å². The molecular formula is C14H19F2N. The topological polar surface area (TPSA) is 12.0 Å².